The van der Waals surface area contributed by atoms with Crippen LogP contribution >= 0.6 is 11.3 Å². The van der Waals surface area contributed by atoms with Crippen LogP contribution in [0.3, 0.4) is 0 Å². The minimum atomic E-state index is -4.41. The predicted octanol–water partition coefficient (Wildman–Crippen LogP) is 6.39. The van der Waals surface area contributed by atoms with E-state index in [1.54, 1.807) is 20.3 Å². The fourth-order valence-corrected chi connectivity index (χ4v) is 4.84. The minimum Gasteiger partial charge on any atom is -0.493 e. The van der Waals surface area contributed by atoms with Crippen molar-refractivity contribution in [3.63, 3.8) is 0 Å². The molecule has 0 saturated heterocycles. The molecule has 0 spiro atoms. The summed E-state index contributed by atoms with van der Waals surface area (Å²) >= 11 is 0.677. The van der Waals surface area contributed by atoms with Gasteiger partial charge in [-0.15, -0.1) is 11.3 Å². The van der Waals surface area contributed by atoms with Crippen molar-refractivity contribution in [3.05, 3.63) is 40.5 Å². The summed E-state index contributed by atoms with van der Waals surface area (Å²) in [7, 11) is 3.12. The first kappa shape index (κ1) is 21.7. The van der Waals surface area contributed by atoms with Crippen molar-refractivity contribution < 1.29 is 22.6 Å². The number of ether oxygens (including phenoxy) is 2. The molecule has 5 nitrogen and oxygen atoms in total. The maximum Gasteiger partial charge on any atom is 0.425 e. The Hall–Kier alpha value is -2.55. The first-order valence-corrected chi connectivity index (χ1v) is 11.0. The van der Waals surface area contributed by atoms with Gasteiger partial charge >= 0.3 is 6.18 Å². The Morgan fingerprint density at radius 1 is 1.03 bits per heavy atom. The lowest BCUT2D eigenvalue weighted by molar-refractivity contribution is -0.134. The number of nitrogens with one attached hydrogen (secondary N) is 1. The molecule has 1 saturated carbocycles. The number of anilines is 1. The number of aromatic nitrogens is 2. The van der Waals surface area contributed by atoms with Crippen LogP contribution in [-0.2, 0) is 12.7 Å². The zero-order valence-corrected chi connectivity index (χ0v) is 18.2. The topological polar surface area (TPSA) is 56.3 Å². The third-order valence-electron chi connectivity index (χ3n) is 5.57. The Bertz CT molecular complexity index is 1060. The highest BCUT2D eigenvalue weighted by Crippen LogP contribution is 2.41. The van der Waals surface area contributed by atoms with Crippen LogP contribution in [-0.4, -0.2) is 24.2 Å². The van der Waals surface area contributed by atoms with Crippen molar-refractivity contribution in [1.82, 2.24) is 9.97 Å². The van der Waals surface area contributed by atoms with Gasteiger partial charge in [-0.1, -0.05) is 25.3 Å². The van der Waals surface area contributed by atoms with Gasteiger partial charge in [0, 0.05) is 12.5 Å². The van der Waals surface area contributed by atoms with E-state index in [1.165, 1.54) is 6.42 Å². The summed E-state index contributed by atoms with van der Waals surface area (Å²) in [5, 5.41) is 3.63. The molecule has 0 amide bonds. The summed E-state index contributed by atoms with van der Waals surface area (Å²) in [6.45, 7) is 0.383. The SMILES string of the molecule is COc1ccc(CNc2nc(C3CCCCC3)nc3sc(C(F)(F)F)cc23)cc1OC. The molecule has 0 radical (unpaired) electrons. The number of hydrogen-bond acceptors (Lipinski definition) is 6. The van der Waals surface area contributed by atoms with Gasteiger partial charge in [0.2, 0.25) is 0 Å². The van der Waals surface area contributed by atoms with Gasteiger partial charge in [0.25, 0.3) is 0 Å². The quantitative estimate of drug-likeness (QED) is 0.471. The van der Waals surface area contributed by atoms with Crippen LogP contribution in [0.5, 0.6) is 11.5 Å². The maximum atomic E-state index is 13.3. The normalized spacial score (nSPS) is 15.3. The van der Waals surface area contributed by atoms with Crippen LogP contribution in [0.2, 0.25) is 0 Å². The van der Waals surface area contributed by atoms with Crippen molar-refractivity contribution in [1.29, 1.82) is 0 Å². The Balaban J connectivity index is 1.68. The molecule has 1 aromatic carbocycles. The third kappa shape index (κ3) is 4.71. The van der Waals surface area contributed by atoms with E-state index in [2.05, 4.69) is 15.3 Å². The van der Waals surface area contributed by atoms with Crippen molar-refractivity contribution in [2.75, 3.05) is 19.5 Å². The summed E-state index contributed by atoms with van der Waals surface area (Å²) in [4.78, 5) is 8.91. The Kier molecular flexibility index (Phi) is 6.22. The standard InChI is InChI=1S/C22H24F3N3O2S/c1-29-16-9-8-13(10-17(16)30-2)12-26-20-15-11-18(22(23,24)25)31-21(15)28-19(27-20)14-6-4-3-5-7-14/h8-11,14H,3-7,12H2,1-2H3,(H,26,27,28). The number of rotatable bonds is 6. The molecule has 0 atom stereocenters. The first-order valence-electron chi connectivity index (χ1n) is 10.2. The van der Waals surface area contributed by atoms with Gasteiger partial charge < -0.3 is 14.8 Å². The van der Waals surface area contributed by atoms with E-state index in [-0.39, 0.29) is 5.92 Å². The number of hydrogen-bond donors (Lipinski definition) is 1. The van der Waals surface area contributed by atoms with Crippen LogP contribution in [0, 0.1) is 0 Å². The second-order valence-corrected chi connectivity index (χ2v) is 8.67. The Labute approximate surface area is 182 Å². The summed E-state index contributed by atoms with van der Waals surface area (Å²) in [6, 6.07) is 6.65. The van der Waals surface area contributed by atoms with Crippen molar-refractivity contribution in [2.24, 2.45) is 0 Å². The molecule has 2 heterocycles. The van der Waals surface area contributed by atoms with Crippen LogP contribution in [0.4, 0.5) is 19.0 Å². The number of methoxy groups -OCH3 is 2. The third-order valence-corrected chi connectivity index (χ3v) is 6.64. The van der Waals surface area contributed by atoms with Gasteiger partial charge in [-0.25, -0.2) is 9.97 Å². The fraction of sp³-hybridized carbons (Fsp3) is 0.455. The molecule has 1 aliphatic carbocycles. The highest BCUT2D eigenvalue weighted by molar-refractivity contribution is 7.18. The molecule has 9 heteroatoms. The molecule has 31 heavy (non-hydrogen) atoms. The van der Waals surface area contributed by atoms with Gasteiger partial charge in [0.15, 0.2) is 11.5 Å². The van der Waals surface area contributed by atoms with Crippen molar-refractivity contribution >= 4 is 27.4 Å². The maximum absolute atomic E-state index is 13.3. The van der Waals surface area contributed by atoms with Gasteiger partial charge in [-0.3, -0.25) is 0 Å². The molecule has 4 rings (SSSR count). The molecule has 0 bridgehead atoms. The van der Waals surface area contributed by atoms with Crippen molar-refractivity contribution in [2.45, 2.75) is 50.7 Å². The first-order chi connectivity index (χ1) is 14.9. The highest BCUT2D eigenvalue weighted by Gasteiger charge is 2.34. The van der Waals surface area contributed by atoms with Gasteiger partial charge in [-0.2, -0.15) is 13.2 Å². The fourth-order valence-electron chi connectivity index (χ4n) is 3.93. The molecular formula is C22H24F3N3O2S. The van der Waals surface area contributed by atoms with E-state index >= 15 is 0 Å². The molecule has 1 fully saturated rings. The highest BCUT2D eigenvalue weighted by atomic mass is 32.1. The Morgan fingerprint density at radius 2 is 1.77 bits per heavy atom. The number of thiophene rings is 1. The predicted molar refractivity (Wildman–Crippen MR) is 115 cm³/mol. The van der Waals surface area contributed by atoms with Gasteiger partial charge in [0.05, 0.1) is 19.6 Å². The lowest BCUT2D eigenvalue weighted by Gasteiger charge is -2.21. The van der Waals surface area contributed by atoms with E-state index in [0.717, 1.165) is 37.3 Å². The average molecular weight is 452 g/mol. The largest absolute Gasteiger partial charge is 0.493 e. The zero-order chi connectivity index (χ0) is 22.0. The summed E-state index contributed by atoms with van der Waals surface area (Å²) in [5.41, 5.74) is 0.898. The molecule has 1 N–H and O–H groups in total. The van der Waals surface area contributed by atoms with Crippen molar-refractivity contribution in [3.8, 4) is 11.5 Å². The molecular weight excluding hydrogens is 427 g/mol. The monoisotopic (exact) mass is 451 g/mol. The smallest absolute Gasteiger partial charge is 0.425 e. The van der Waals surface area contributed by atoms with Crippen LogP contribution < -0.4 is 14.8 Å². The second kappa shape index (κ2) is 8.90. The van der Waals surface area contributed by atoms with E-state index in [0.29, 0.717) is 51.2 Å². The number of nitrogens with zero attached hydrogens (tertiary/aromatic N) is 2. The molecule has 1 aliphatic rings. The number of halogens is 3. The lowest BCUT2D eigenvalue weighted by Crippen LogP contribution is -2.11. The Morgan fingerprint density at radius 3 is 2.45 bits per heavy atom. The van der Waals surface area contributed by atoms with E-state index in [4.69, 9.17) is 9.47 Å². The van der Waals surface area contributed by atoms with E-state index < -0.39 is 11.1 Å². The van der Waals surface area contributed by atoms with Gasteiger partial charge in [0.1, 0.15) is 21.3 Å². The van der Waals surface area contributed by atoms with Gasteiger partial charge in [-0.05, 0) is 36.6 Å². The molecule has 2 aromatic heterocycles. The van der Waals surface area contributed by atoms with E-state index in [9.17, 15) is 13.2 Å². The molecule has 0 aliphatic heterocycles. The minimum absolute atomic E-state index is 0.191. The summed E-state index contributed by atoms with van der Waals surface area (Å²) in [6.07, 6.45) is 0.908. The van der Waals surface area contributed by atoms with Crippen LogP contribution in [0.15, 0.2) is 24.3 Å². The molecule has 3 aromatic rings. The second-order valence-electron chi connectivity index (χ2n) is 7.64. The summed E-state index contributed by atoms with van der Waals surface area (Å²) in [5.74, 6) is 2.47. The zero-order valence-electron chi connectivity index (χ0n) is 17.4. The summed E-state index contributed by atoms with van der Waals surface area (Å²) < 4.78 is 50.6. The number of benzene rings is 1. The molecule has 166 valence electrons. The molecule has 0 unspecified atom stereocenters. The van der Waals surface area contributed by atoms with Crippen LogP contribution in [0.25, 0.3) is 10.2 Å². The van der Waals surface area contributed by atoms with Crippen LogP contribution in [0.1, 0.15) is 54.3 Å². The number of fused-ring (bicyclic) bond motifs is 1. The van der Waals surface area contributed by atoms with E-state index in [1.807, 2.05) is 12.1 Å². The lowest BCUT2D eigenvalue weighted by atomic mass is 9.88. The average Bonchev–Trinajstić information content (AvgIpc) is 3.23. The number of alkyl halides is 3.